The van der Waals surface area contributed by atoms with Crippen LogP contribution in [0.3, 0.4) is 0 Å². The van der Waals surface area contributed by atoms with Crippen molar-refractivity contribution in [3.8, 4) is 10.4 Å². The Hall–Kier alpha value is -1.12. The molecule has 1 aromatic carbocycles. The summed E-state index contributed by atoms with van der Waals surface area (Å²) in [6, 6.07) is 10.7. The van der Waals surface area contributed by atoms with Gasteiger partial charge >= 0.3 is 0 Å². The second-order valence-electron chi connectivity index (χ2n) is 4.74. The average molecular weight is 231 g/mol. The molecule has 1 heterocycles. The first-order chi connectivity index (χ1) is 7.48. The summed E-state index contributed by atoms with van der Waals surface area (Å²) in [6.07, 6.45) is 0. The Bertz CT molecular complexity index is 491. The van der Waals surface area contributed by atoms with Gasteiger partial charge in [0.05, 0.1) is 0 Å². The summed E-state index contributed by atoms with van der Waals surface area (Å²) in [5.41, 5.74) is 9.66. The van der Waals surface area contributed by atoms with Crippen molar-refractivity contribution in [2.24, 2.45) is 5.73 Å². The van der Waals surface area contributed by atoms with E-state index in [9.17, 15) is 0 Å². The van der Waals surface area contributed by atoms with Crippen LogP contribution < -0.4 is 5.73 Å². The highest BCUT2D eigenvalue weighted by molar-refractivity contribution is 7.13. The minimum Gasteiger partial charge on any atom is -0.322 e. The minimum atomic E-state index is -0.253. The van der Waals surface area contributed by atoms with E-state index in [0.717, 1.165) is 0 Å². The molecular weight excluding hydrogens is 214 g/mol. The lowest BCUT2D eigenvalue weighted by molar-refractivity contribution is 0.557. The Balaban J connectivity index is 2.44. The fraction of sp³-hybridized carbons (Fsp3) is 0.286. The molecule has 0 fully saturated rings. The predicted octanol–water partition coefficient (Wildman–Crippen LogP) is 3.92. The lowest BCUT2D eigenvalue weighted by atomic mass is 9.97. The van der Waals surface area contributed by atoms with Crippen molar-refractivity contribution >= 4 is 11.3 Å². The Morgan fingerprint density at radius 1 is 1.19 bits per heavy atom. The Morgan fingerprint density at radius 3 is 2.44 bits per heavy atom. The molecule has 0 atom stereocenters. The number of benzene rings is 1. The van der Waals surface area contributed by atoms with Crippen molar-refractivity contribution in [1.82, 2.24) is 0 Å². The van der Waals surface area contributed by atoms with Gasteiger partial charge in [0.25, 0.3) is 0 Å². The van der Waals surface area contributed by atoms with Crippen LogP contribution in [0.5, 0.6) is 0 Å². The second-order valence-corrected chi connectivity index (χ2v) is 5.65. The third-order valence-corrected chi connectivity index (χ3v) is 3.72. The summed E-state index contributed by atoms with van der Waals surface area (Å²) < 4.78 is 0. The zero-order chi connectivity index (χ0) is 11.8. The first-order valence-corrected chi connectivity index (χ1v) is 6.30. The molecule has 0 amide bonds. The van der Waals surface area contributed by atoms with E-state index in [4.69, 9.17) is 5.73 Å². The summed E-state index contributed by atoms with van der Waals surface area (Å²) in [6.45, 7) is 6.22. The number of hydrogen-bond acceptors (Lipinski definition) is 2. The summed E-state index contributed by atoms with van der Waals surface area (Å²) in [5.74, 6) is 0. The molecule has 0 unspecified atom stereocenters. The molecule has 2 heteroatoms. The molecule has 0 saturated carbocycles. The molecule has 84 valence electrons. The van der Waals surface area contributed by atoms with E-state index in [2.05, 4.69) is 42.6 Å². The third-order valence-electron chi connectivity index (χ3n) is 2.75. The van der Waals surface area contributed by atoms with E-state index in [0.29, 0.717) is 0 Å². The number of nitrogens with two attached hydrogens (primary N) is 1. The van der Waals surface area contributed by atoms with Crippen LogP contribution in [-0.2, 0) is 5.54 Å². The molecule has 0 aliphatic carbocycles. The van der Waals surface area contributed by atoms with Gasteiger partial charge in [-0.3, -0.25) is 0 Å². The molecule has 1 aromatic heterocycles. The zero-order valence-electron chi connectivity index (χ0n) is 9.95. The van der Waals surface area contributed by atoms with Crippen LogP contribution in [-0.4, -0.2) is 0 Å². The SMILES string of the molecule is Cc1ccccc1-c1cc(C(C)(C)N)cs1. The molecule has 0 radical (unpaired) electrons. The Labute approximate surface area is 101 Å². The lowest BCUT2D eigenvalue weighted by Gasteiger charge is -2.16. The average Bonchev–Trinajstić information content (AvgIpc) is 2.66. The van der Waals surface area contributed by atoms with E-state index < -0.39 is 0 Å². The van der Waals surface area contributed by atoms with Gasteiger partial charge in [-0.2, -0.15) is 0 Å². The third kappa shape index (κ3) is 2.18. The van der Waals surface area contributed by atoms with Crippen LogP contribution in [0.2, 0.25) is 0 Å². The number of aryl methyl sites for hydroxylation is 1. The Kier molecular flexibility index (Phi) is 2.87. The summed E-state index contributed by atoms with van der Waals surface area (Å²) in [5, 5.41) is 2.15. The highest BCUT2D eigenvalue weighted by atomic mass is 32.1. The first kappa shape index (κ1) is 11.4. The smallest absolute Gasteiger partial charge is 0.0360 e. The molecule has 0 spiro atoms. The van der Waals surface area contributed by atoms with Crippen molar-refractivity contribution in [2.75, 3.05) is 0 Å². The van der Waals surface area contributed by atoms with Crippen molar-refractivity contribution in [2.45, 2.75) is 26.3 Å². The maximum atomic E-state index is 6.09. The maximum absolute atomic E-state index is 6.09. The quantitative estimate of drug-likeness (QED) is 0.833. The van der Waals surface area contributed by atoms with Crippen molar-refractivity contribution < 1.29 is 0 Å². The Morgan fingerprint density at radius 2 is 1.88 bits per heavy atom. The fourth-order valence-electron chi connectivity index (χ4n) is 1.66. The number of hydrogen-bond donors (Lipinski definition) is 1. The molecule has 0 saturated heterocycles. The minimum absolute atomic E-state index is 0.253. The van der Waals surface area contributed by atoms with E-state index in [-0.39, 0.29) is 5.54 Å². The normalized spacial score (nSPS) is 11.8. The zero-order valence-corrected chi connectivity index (χ0v) is 10.8. The van der Waals surface area contributed by atoms with Gasteiger partial charge in [-0.25, -0.2) is 0 Å². The maximum Gasteiger partial charge on any atom is 0.0360 e. The summed E-state index contributed by atoms with van der Waals surface area (Å²) in [4.78, 5) is 1.30. The van der Waals surface area contributed by atoms with Crippen LogP contribution in [0.4, 0.5) is 0 Å². The monoisotopic (exact) mass is 231 g/mol. The summed E-state index contributed by atoms with van der Waals surface area (Å²) in [7, 11) is 0. The van der Waals surface area contributed by atoms with Gasteiger partial charge in [-0.15, -0.1) is 11.3 Å². The molecule has 1 nitrogen and oxygen atoms in total. The van der Waals surface area contributed by atoms with Crippen molar-refractivity contribution in [3.05, 3.63) is 46.8 Å². The number of rotatable bonds is 2. The van der Waals surface area contributed by atoms with E-state index in [1.54, 1.807) is 11.3 Å². The topological polar surface area (TPSA) is 26.0 Å². The van der Waals surface area contributed by atoms with Gasteiger partial charge in [-0.05, 0) is 48.9 Å². The fourth-order valence-corrected chi connectivity index (χ4v) is 2.84. The largest absolute Gasteiger partial charge is 0.322 e. The van der Waals surface area contributed by atoms with Crippen molar-refractivity contribution in [3.63, 3.8) is 0 Å². The van der Waals surface area contributed by atoms with Crippen molar-refractivity contribution in [1.29, 1.82) is 0 Å². The predicted molar refractivity (Wildman–Crippen MR) is 71.7 cm³/mol. The van der Waals surface area contributed by atoms with Crippen LogP contribution in [0.25, 0.3) is 10.4 Å². The van der Waals surface area contributed by atoms with Gasteiger partial charge in [-0.1, -0.05) is 24.3 Å². The van der Waals surface area contributed by atoms with Gasteiger partial charge in [0, 0.05) is 10.4 Å². The molecule has 0 aliphatic rings. The molecule has 0 bridgehead atoms. The van der Waals surface area contributed by atoms with Gasteiger partial charge in [0.2, 0.25) is 0 Å². The lowest BCUT2D eigenvalue weighted by Crippen LogP contribution is -2.27. The first-order valence-electron chi connectivity index (χ1n) is 5.42. The van der Waals surface area contributed by atoms with E-state index in [1.165, 1.54) is 21.6 Å². The molecule has 2 N–H and O–H groups in total. The van der Waals surface area contributed by atoms with Gasteiger partial charge in [0.15, 0.2) is 0 Å². The van der Waals surface area contributed by atoms with E-state index >= 15 is 0 Å². The van der Waals surface area contributed by atoms with Crippen LogP contribution in [0.15, 0.2) is 35.7 Å². The van der Waals surface area contributed by atoms with E-state index in [1.807, 2.05) is 13.8 Å². The molecular formula is C14H17NS. The standard InChI is InChI=1S/C14H17NS/c1-10-6-4-5-7-12(10)13-8-11(9-16-13)14(2,3)15/h4-9H,15H2,1-3H3. The second kappa shape index (κ2) is 4.04. The molecule has 2 aromatic rings. The van der Waals surface area contributed by atoms with Crippen LogP contribution in [0.1, 0.15) is 25.0 Å². The summed E-state index contributed by atoms with van der Waals surface area (Å²) >= 11 is 1.76. The molecule has 0 aliphatic heterocycles. The van der Waals surface area contributed by atoms with Crippen LogP contribution in [0, 0.1) is 6.92 Å². The van der Waals surface area contributed by atoms with Crippen LogP contribution >= 0.6 is 11.3 Å². The molecule has 16 heavy (non-hydrogen) atoms. The highest BCUT2D eigenvalue weighted by Gasteiger charge is 2.16. The number of thiophene rings is 1. The highest BCUT2D eigenvalue weighted by Crippen LogP contribution is 2.32. The van der Waals surface area contributed by atoms with Gasteiger partial charge in [0.1, 0.15) is 0 Å². The van der Waals surface area contributed by atoms with Gasteiger partial charge < -0.3 is 5.73 Å². The molecule has 2 rings (SSSR count).